The van der Waals surface area contributed by atoms with Crippen molar-refractivity contribution in [3.8, 4) is 0 Å². The summed E-state index contributed by atoms with van der Waals surface area (Å²) in [6.07, 6.45) is 6.49. The maximum absolute atomic E-state index is 11.9. The number of hydrogen-bond acceptors (Lipinski definition) is 5. The molecule has 1 aliphatic rings. The summed E-state index contributed by atoms with van der Waals surface area (Å²) in [5, 5.41) is 2.78. The molecule has 0 aliphatic carbocycles. The summed E-state index contributed by atoms with van der Waals surface area (Å²) in [6.45, 7) is 0.938. The Kier molecular flexibility index (Phi) is 4.99. The Morgan fingerprint density at radius 1 is 1.47 bits per heavy atom. The third-order valence-electron chi connectivity index (χ3n) is 3.57. The lowest BCUT2D eigenvalue weighted by atomic mass is 10.1. The van der Waals surface area contributed by atoms with Crippen molar-refractivity contribution < 1.29 is 12.8 Å². The predicted octanol–water partition coefficient (Wildman–Crippen LogP) is 1.34. The minimum absolute atomic E-state index is 0.301. The molecule has 1 aliphatic heterocycles. The van der Waals surface area contributed by atoms with Crippen LogP contribution in [0.25, 0.3) is 0 Å². The van der Waals surface area contributed by atoms with Crippen molar-refractivity contribution >= 4 is 9.84 Å². The monoisotopic (exact) mass is 286 g/mol. The van der Waals surface area contributed by atoms with Gasteiger partial charge in [0.05, 0.1) is 17.2 Å². The van der Waals surface area contributed by atoms with Crippen LogP contribution in [0.15, 0.2) is 10.6 Å². The molecule has 19 heavy (non-hydrogen) atoms. The zero-order valence-corrected chi connectivity index (χ0v) is 12.2. The van der Waals surface area contributed by atoms with E-state index in [1.807, 2.05) is 7.05 Å². The summed E-state index contributed by atoms with van der Waals surface area (Å²) in [5.41, 5.74) is 0. The van der Waals surface area contributed by atoms with E-state index >= 15 is 0 Å². The average Bonchev–Trinajstić information content (AvgIpc) is 2.80. The van der Waals surface area contributed by atoms with Gasteiger partial charge in [-0.25, -0.2) is 13.4 Å². The van der Waals surface area contributed by atoms with Crippen LogP contribution in [0.3, 0.4) is 0 Å². The van der Waals surface area contributed by atoms with E-state index in [0.29, 0.717) is 18.1 Å². The Morgan fingerprint density at radius 2 is 2.32 bits per heavy atom. The molecule has 1 N–H and O–H groups in total. The highest BCUT2D eigenvalue weighted by molar-refractivity contribution is 7.92. The van der Waals surface area contributed by atoms with Crippen molar-refractivity contribution in [2.45, 2.75) is 43.8 Å². The molecule has 1 unspecified atom stereocenters. The van der Waals surface area contributed by atoms with Gasteiger partial charge in [0.15, 0.2) is 15.7 Å². The number of rotatable bonds is 6. The molecule has 1 atom stereocenters. The lowest BCUT2D eigenvalue weighted by molar-refractivity contribution is 0.434. The largest absolute Gasteiger partial charge is 0.446 e. The molecule has 108 valence electrons. The molecule has 0 amide bonds. The fourth-order valence-corrected chi connectivity index (χ4v) is 4.30. The Hall–Kier alpha value is -0.880. The smallest absolute Gasteiger partial charge is 0.195 e. The quantitative estimate of drug-likeness (QED) is 0.799. The number of sulfone groups is 1. The fraction of sp³-hybridized carbons (Fsp3) is 0.769. The molecule has 2 rings (SSSR count). The summed E-state index contributed by atoms with van der Waals surface area (Å²) in [4.78, 5) is 4.20. The standard InChI is InChI=1S/C13H22N2O3S/c1-14-7-4-5-11-10-15-13(18-11)9-12-6-2-3-8-19(12,16)17/h10,12,14H,2-9H2,1H3. The lowest BCUT2D eigenvalue weighted by Gasteiger charge is -2.20. The van der Waals surface area contributed by atoms with Crippen LogP contribution in [0.5, 0.6) is 0 Å². The third kappa shape index (κ3) is 4.04. The van der Waals surface area contributed by atoms with Crippen LogP contribution in [-0.4, -0.2) is 38.0 Å². The number of aryl methyl sites for hydroxylation is 1. The van der Waals surface area contributed by atoms with Crippen molar-refractivity contribution in [1.82, 2.24) is 10.3 Å². The Balaban J connectivity index is 1.92. The Bertz CT molecular complexity index is 496. The molecule has 0 saturated carbocycles. The van der Waals surface area contributed by atoms with E-state index in [1.54, 1.807) is 6.20 Å². The molecule has 1 fully saturated rings. The first-order valence-corrected chi connectivity index (χ1v) is 8.63. The Labute approximate surface area is 114 Å². The van der Waals surface area contributed by atoms with E-state index in [-0.39, 0.29) is 5.25 Å². The van der Waals surface area contributed by atoms with Crippen LogP contribution < -0.4 is 5.32 Å². The van der Waals surface area contributed by atoms with Gasteiger partial charge in [0.1, 0.15) is 5.76 Å². The first-order chi connectivity index (χ1) is 9.12. The lowest BCUT2D eigenvalue weighted by Crippen LogP contribution is -2.30. The van der Waals surface area contributed by atoms with Gasteiger partial charge >= 0.3 is 0 Å². The van der Waals surface area contributed by atoms with E-state index in [0.717, 1.165) is 44.4 Å². The molecule has 1 saturated heterocycles. The summed E-state index contributed by atoms with van der Waals surface area (Å²) in [6, 6.07) is 0. The highest BCUT2D eigenvalue weighted by atomic mass is 32.2. The fourth-order valence-electron chi connectivity index (χ4n) is 2.44. The van der Waals surface area contributed by atoms with Crippen LogP contribution in [0.2, 0.25) is 0 Å². The second-order valence-corrected chi connectivity index (χ2v) is 7.52. The van der Waals surface area contributed by atoms with E-state index in [9.17, 15) is 8.42 Å². The second kappa shape index (κ2) is 6.52. The minimum atomic E-state index is -2.94. The van der Waals surface area contributed by atoms with E-state index in [1.165, 1.54) is 0 Å². The highest BCUT2D eigenvalue weighted by Crippen LogP contribution is 2.23. The van der Waals surface area contributed by atoms with E-state index in [2.05, 4.69) is 10.3 Å². The van der Waals surface area contributed by atoms with Gasteiger partial charge in [-0.3, -0.25) is 0 Å². The van der Waals surface area contributed by atoms with Gasteiger partial charge in [0.2, 0.25) is 0 Å². The van der Waals surface area contributed by atoms with E-state index < -0.39 is 9.84 Å². The van der Waals surface area contributed by atoms with Crippen LogP contribution in [0, 0.1) is 0 Å². The summed E-state index contributed by atoms with van der Waals surface area (Å²) in [7, 11) is -1.03. The molecule has 0 bridgehead atoms. The van der Waals surface area contributed by atoms with Crippen molar-refractivity contribution in [1.29, 1.82) is 0 Å². The van der Waals surface area contributed by atoms with Gasteiger partial charge < -0.3 is 9.73 Å². The molecule has 0 radical (unpaired) electrons. The predicted molar refractivity (Wildman–Crippen MR) is 73.9 cm³/mol. The molecular formula is C13H22N2O3S. The van der Waals surface area contributed by atoms with Gasteiger partial charge in [-0.15, -0.1) is 0 Å². The molecule has 0 spiro atoms. The molecule has 0 aromatic carbocycles. The highest BCUT2D eigenvalue weighted by Gasteiger charge is 2.30. The van der Waals surface area contributed by atoms with Crippen molar-refractivity contribution in [3.05, 3.63) is 17.8 Å². The molecule has 1 aromatic heterocycles. The summed E-state index contributed by atoms with van der Waals surface area (Å²) in [5.74, 6) is 1.72. The van der Waals surface area contributed by atoms with Gasteiger partial charge in [-0.2, -0.15) is 0 Å². The molecule has 2 heterocycles. The van der Waals surface area contributed by atoms with Crippen molar-refractivity contribution in [3.63, 3.8) is 0 Å². The average molecular weight is 286 g/mol. The summed E-state index contributed by atoms with van der Waals surface area (Å²) >= 11 is 0. The minimum Gasteiger partial charge on any atom is -0.446 e. The number of hydrogen-bond donors (Lipinski definition) is 1. The zero-order chi connectivity index (χ0) is 13.7. The SMILES string of the molecule is CNCCCc1cnc(CC2CCCCS2(=O)=O)o1. The van der Waals surface area contributed by atoms with Crippen molar-refractivity contribution in [2.24, 2.45) is 0 Å². The van der Waals surface area contributed by atoms with Crippen LogP contribution in [0.1, 0.15) is 37.3 Å². The summed E-state index contributed by atoms with van der Waals surface area (Å²) < 4.78 is 29.5. The van der Waals surface area contributed by atoms with Crippen LogP contribution in [-0.2, 0) is 22.7 Å². The normalized spacial score (nSPS) is 22.5. The Morgan fingerprint density at radius 3 is 3.05 bits per heavy atom. The number of nitrogens with zero attached hydrogens (tertiary/aromatic N) is 1. The van der Waals surface area contributed by atoms with Crippen LogP contribution >= 0.6 is 0 Å². The van der Waals surface area contributed by atoms with Crippen LogP contribution in [0.4, 0.5) is 0 Å². The number of aromatic nitrogens is 1. The molecular weight excluding hydrogens is 264 g/mol. The third-order valence-corrected chi connectivity index (χ3v) is 5.84. The first kappa shape index (κ1) is 14.5. The zero-order valence-electron chi connectivity index (χ0n) is 11.4. The first-order valence-electron chi connectivity index (χ1n) is 6.91. The van der Waals surface area contributed by atoms with Gasteiger partial charge in [0, 0.05) is 12.8 Å². The number of nitrogens with one attached hydrogen (secondary N) is 1. The van der Waals surface area contributed by atoms with E-state index in [4.69, 9.17) is 4.42 Å². The molecule has 6 heteroatoms. The maximum atomic E-state index is 11.9. The topological polar surface area (TPSA) is 72.2 Å². The molecule has 5 nitrogen and oxygen atoms in total. The number of oxazole rings is 1. The van der Waals surface area contributed by atoms with Gasteiger partial charge in [-0.1, -0.05) is 6.42 Å². The van der Waals surface area contributed by atoms with Gasteiger partial charge in [0.25, 0.3) is 0 Å². The molecule has 1 aromatic rings. The second-order valence-electron chi connectivity index (χ2n) is 5.12. The van der Waals surface area contributed by atoms with Crippen molar-refractivity contribution in [2.75, 3.05) is 19.3 Å². The maximum Gasteiger partial charge on any atom is 0.195 e. The van der Waals surface area contributed by atoms with Gasteiger partial charge in [-0.05, 0) is 32.9 Å².